The number of amides is 2. The van der Waals surface area contributed by atoms with Crippen molar-refractivity contribution in [2.45, 2.75) is 38.6 Å². The molecule has 0 radical (unpaired) electrons. The summed E-state index contributed by atoms with van der Waals surface area (Å²) >= 11 is 0. The number of aromatic nitrogens is 1. The van der Waals surface area contributed by atoms with Crippen molar-refractivity contribution >= 4 is 28.4 Å². The molecular formula is C35H38N4O8S. The van der Waals surface area contributed by atoms with E-state index in [1.165, 1.54) is 6.20 Å². The first kappa shape index (κ1) is 34.2. The molecule has 13 heteroatoms. The summed E-state index contributed by atoms with van der Waals surface area (Å²) in [5, 5.41) is 2.77. The fourth-order valence-electron chi connectivity index (χ4n) is 5.42. The topological polar surface area (TPSA) is 145 Å². The van der Waals surface area contributed by atoms with E-state index in [4.69, 9.17) is 14.2 Å². The molecule has 0 aliphatic carbocycles. The summed E-state index contributed by atoms with van der Waals surface area (Å²) in [5.41, 5.74) is 2.66. The van der Waals surface area contributed by atoms with E-state index in [1.54, 1.807) is 42.5 Å². The summed E-state index contributed by atoms with van der Waals surface area (Å²) in [7, 11) is -4.57. The highest BCUT2D eigenvalue weighted by atomic mass is 32.2. The first-order valence-corrected chi connectivity index (χ1v) is 17.1. The van der Waals surface area contributed by atoms with E-state index in [9.17, 15) is 22.8 Å². The van der Waals surface area contributed by atoms with Crippen molar-refractivity contribution in [2.24, 2.45) is 0 Å². The molecule has 1 aliphatic heterocycles. The van der Waals surface area contributed by atoms with Crippen LogP contribution in [0.1, 0.15) is 51.5 Å². The molecule has 0 bridgehead atoms. The molecule has 0 saturated carbocycles. The molecule has 1 fully saturated rings. The molecule has 2 N–H and O–H groups in total. The lowest BCUT2D eigenvalue weighted by Gasteiger charge is -2.32. The third kappa shape index (κ3) is 9.69. The minimum Gasteiger partial charge on any atom is -0.456 e. The highest BCUT2D eigenvalue weighted by Crippen LogP contribution is 2.32. The van der Waals surface area contributed by atoms with Crippen LogP contribution < -0.4 is 10.0 Å². The summed E-state index contributed by atoms with van der Waals surface area (Å²) in [6, 6.07) is 28.9. The number of rotatable bonds is 13. The molecule has 1 saturated heterocycles. The van der Waals surface area contributed by atoms with Crippen LogP contribution in [0.25, 0.3) is 0 Å². The van der Waals surface area contributed by atoms with Crippen molar-refractivity contribution < 1.29 is 37.0 Å². The van der Waals surface area contributed by atoms with Gasteiger partial charge in [-0.25, -0.2) is 23.1 Å². The molecule has 3 aromatic carbocycles. The zero-order chi connectivity index (χ0) is 33.8. The second-order valence-corrected chi connectivity index (χ2v) is 12.8. The van der Waals surface area contributed by atoms with Gasteiger partial charge in [0.15, 0.2) is 0 Å². The van der Waals surface area contributed by atoms with Gasteiger partial charge in [0.2, 0.25) is 0 Å². The Kier molecular flexibility index (Phi) is 11.8. The molecule has 1 aliphatic rings. The van der Waals surface area contributed by atoms with Crippen LogP contribution in [0.4, 0.5) is 9.59 Å². The maximum absolute atomic E-state index is 13.5. The smallest absolute Gasteiger partial charge is 0.422 e. The summed E-state index contributed by atoms with van der Waals surface area (Å²) in [6.45, 7) is 2.31. The van der Waals surface area contributed by atoms with Gasteiger partial charge in [0.05, 0.1) is 0 Å². The summed E-state index contributed by atoms with van der Waals surface area (Å²) < 4.78 is 45.4. The van der Waals surface area contributed by atoms with Gasteiger partial charge < -0.3 is 24.4 Å². The predicted molar refractivity (Wildman–Crippen MR) is 177 cm³/mol. The Morgan fingerprint density at radius 1 is 0.688 bits per heavy atom. The van der Waals surface area contributed by atoms with Crippen molar-refractivity contribution in [1.29, 1.82) is 0 Å². The van der Waals surface area contributed by atoms with Crippen LogP contribution in [0, 0.1) is 0 Å². The Balaban J connectivity index is 1.20. The molecule has 1 aromatic heterocycles. The molecule has 48 heavy (non-hydrogen) atoms. The average molecular weight is 675 g/mol. The fraction of sp³-hybridized carbons (Fsp3) is 0.286. The Bertz CT molecular complexity index is 1760. The molecule has 252 valence electrons. The normalized spacial score (nSPS) is 13.8. The van der Waals surface area contributed by atoms with Crippen LogP contribution in [-0.2, 0) is 44.2 Å². The fourth-order valence-corrected chi connectivity index (χ4v) is 6.43. The second-order valence-electron chi connectivity index (χ2n) is 11.3. The Hall–Kier alpha value is -5.14. The molecule has 0 spiro atoms. The number of piperidine rings is 1. The molecular weight excluding hydrogens is 636 g/mol. The molecule has 4 aromatic rings. The van der Waals surface area contributed by atoms with E-state index in [2.05, 4.69) is 10.2 Å². The molecule has 2 amide bonds. The number of ether oxygens (including phenoxy) is 3. The monoisotopic (exact) mass is 674 g/mol. The van der Waals surface area contributed by atoms with Crippen molar-refractivity contribution in [3.63, 3.8) is 0 Å². The van der Waals surface area contributed by atoms with Crippen LogP contribution in [0.2, 0.25) is 0 Å². The van der Waals surface area contributed by atoms with Crippen LogP contribution >= 0.6 is 0 Å². The summed E-state index contributed by atoms with van der Waals surface area (Å²) in [4.78, 5) is 40.3. The molecule has 12 nitrogen and oxygen atoms in total. The lowest BCUT2D eigenvalue weighted by Crippen LogP contribution is -2.39. The van der Waals surface area contributed by atoms with Crippen LogP contribution in [0.3, 0.4) is 0 Å². The standard InChI is InChI=1S/C35H38N4O8S/c40-33(45-24-27-10-4-1-5-11-27)32-31(18-22-39(32)48(43,44)37-35(42)47-26-29-14-8-3-9-15-29)30-16-20-38(21-17-30)23-19-36-34(41)46-25-28-12-6-2-7-13-28/h1-15,18,22,30H,16-17,19-21,23-26H2,(H,36,41)(H,37,42). The van der Waals surface area contributed by atoms with E-state index >= 15 is 0 Å². The van der Waals surface area contributed by atoms with E-state index in [0.29, 0.717) is 50.1 Å². The third-order valence-corrected chi connectivity index (χ3v) is 9.16. The Morgan fingerprint density at radius 3 is 1.73 bits per heavy atom. The van der Waals surface area contributed by atoms with Gasteiger partial charge in [-0.3, -0.25) is 0 Å². The minimum atomic E-state index is -4.57. The number of esters is 1. The van der Waals surface area contributed by atoms with Gasteiger partial charge in [-0.1, -0.05) is 91.0 Å². The zero-order valence-electron chi connectivity index (χ0n) is 26.3. The van der Waals surface area contributed by atoms with Gasteiger partial charge in [0, 0.05) is 19.3 Å². The largest absolute Gasteiger partial charge is 0.456 e. The van der Waals surface area contributed by atoms with Crippen LogP contribution in [-0.4, -0.2) is 61.6 Å². The number of carbonyl (C=O) groups is 3. The summed E-state index contributed by atoms with van der Waals surface area (Å²) in [5.74, 6) is -0.978. The number of alkyl carbamates (subject to hydrolysis) is 1. The third-order valence-electron chi connectivity index (χ3n) is 7.91. The van der Waals surface area contributed by atoms with Gasteiger partial charge in [-0.15, -0.1) is 0 Å². The minimum absolute atomic E-state index is 0.0594. The zero-order valence-corrected chi connectivity index (χ0v) is 27.1. The van der Waals surface area contributed by atoms with E-state index in [1.807, 2.05) is 59.3 Å². The Morgan fingerprint density at radius 2 is 1.19 bits per heavy atom. The van der Waals surface area contributed by atoms with E-state index in [-0.39, 0.29) is 31.4 Å². The number of nitrogens with zero attached hydrogens (tertiary/aromatic N) is 2. The van der Waals surface area contributed by atoms with E-state index < -0.39 is 28.4 Å². The maximum atomic E-state index is 13.5. The first-order valence-electron chi connectivity index (χ1n) is 15.6. The average Bonchev–Trinajstić information content (AvgIpc) is 3.57. The van der Waals surface area contributed by atoms with Crippen molar-refractivity contribution in [2.75, 3.05) is 26.2 Å². The number of carbonyl (C=O) groups excluding carboxylic acids is 3. The van der Waals surface area contributed by atoms with Crippen LogP contribution in [0.15, 0.2) is 103 Å². The van der Waals surface area contributed by atoms with Crippen molar-refractivity contribution in [1.82, 2.24) is 18.9 Å². The lowest BCUT2D eigenvalue weighted by atomic mass is 9.89. The lowest BCUT2D eigenvalue weighted by molar-refractivity contribution is 0.0461. The maximum Gasteiger partial charge on any atom is 0.422 e. The highest BCUT2D eigenvalue weighted by Gasteiger charge is 2.32. The molecule has 0 unspecified atom stereocenters. The number of benzene rings is 3. The number of likely N-dealkylation sites (tertiary alicyclic amines) is 1. The highest BCUT2D eigenvalue weighted by molar-refractivity contribution is 7.88. The first-order chi connectivity index (χ1) is 23.3. The van der Waals surface area contributed by atoms with E-state index in [0.717, 1.165) is 15.1 Å². The molecule has 5 rings (SSSR count). The van der Waals surface area contributed by atoms with Gasteiger partial charge in [0.1, 0.15) is 25.5 Å². The van der Waals surface area contributed by atoms with Crippen LogP contribution in [0.5, 0.6) is 0 Å². The van der Waals surface area contributed by atoms with Gasteiger partial charge >= 0.3 is 28.4 Å². The van der Waals surface area contributed by atoms with Gasteiger partial charge in [-0.2, -0.15) is 8.42 Å². The number of nitrogens with one attached hydrogen (secondary N) is 2. The molecule has 2 heterocycles. The quantitative estimate of drug-likeness (QED) is 0.148. The van der Waals surface area contributed by atoms with Gasteiger partial charge in [-0.05, 0) is 60.2 Å². The second kappa shape index (κ2) is 16.6. The Labute approximate surface area is 279 Å². The number of hydrogen-bond donors (Lipinski definition) is 2. The van der Waals surface area contributed by atoms with Crippen molar-refractivity contribution in [3.05, 3.63) is 131 Å². The predicted octanol–water partition coefficient (Wildman–Crippen LogP) is 4.97. The van der Waals surface area contributed by atoms with Crippen molar-refractivity contribution in [3.8, 4) is 0 Å². The SMILES string of the molecule is O=C(NCCN1CCC(c2ccn(S(=O)(=O)NC(=O)OCc3ccccc3)c2C(=O)OCc2ccccc2)CC1)OCc1ccccc1. The van der Waals surface area contributed by atoms with Gasteiger partial charge in [0.25, 0.3) is 0 Å². The number of hydrogen-bond acceptors (Lipinski definition) is 9. The summed E-state index contributed by atoms with van der Waals surface area (Å²) in [6.07, 6.45) is 0.844. The molecule has 0 atom stereocenters.